The van der Waals surface area contributed by atoms with Gasteiger partial charge in [0.15, 0.2) is 0 Å². The number of sulfonamides is 1. The Morgan fingerprint density at radius 1 is 1.37 bits per heavy atom. The average Bonchev–Trinajstić information content (AvgIpc) is 2.74. The van der Waals surface area contributed by atoms with E-state index in [4.69, 9.17) is 5.73 Å². The van der Waals surface area contributed by atoms with Crippen molar-refractivity contribution in [2.75, 3.05) is 38.2 Å². The zero-order chi connectivity index (χ0) is 14.0. The first-order valence-corrected chi connectivity index (χ1v) is 7.72. The molecule has 1 aliphatic heterocycles. The van der Waals surface area contributed by atoms with Crippen LogP contribution < -0.4 is 5.73 Å². The lowest BCUT2D eigenvalue weighted by molar-refractivity contribution is -0.133. The van der Waals surface area contributed by atoms with E-state index in [1.807, 2.05) is 0 Å². The van der Waals surface area contributed by atoms with Crippen LogP contribution in [-0.2, 0) is 21.4 Å². The molecule has 106 valence electrons. The maximum atomic E-state index is 12.0. The zero-order valence-corrected chi connectivity index (χ0v) is 11.5. The molecule has 0 atom stereocenters. The van der Waals surface area contributed by atoms with Gasteiger partial charge < -0.3 is 10.6 Å². The predicted molar refractivity (Wildman–Crippen MR) is 69.6 cm³/mol. The molecule has 0 radical (unpaired) electrons. The summed E-state index contributed by atoms with van der Waals surface area (Å²) < 4.78 is 25.6. The normalized spacial score (nSPS) is 17.6. The summed E-state index contributed by atoms with van der Waals surface area (Å²) in [6.45, 7) is 1.61. The number of amides is 1. The van der Waals surface area contributed by atoms with E-state index in [2.05, 4.69) is 5.10 Å². The molecule has 2 heterocycles. The fourth-order valence-electron chi connectivity index (χ4n) is 1.97. The molecule has 0 saturated carbocycles. The zero-order valence-electron chi connectivity index (χ0n) is 10.7. The van der Waals surface area contributed by atoms with E-state index in [0.29, 0.717) is 31.9 Å². The molecule has 1 aromatic rings. The minimum absolute atomic E-state index is 0.0868. The highest BCUT2D eigenvalue weighted by molar-refractivity contribution is 7.88. The molecule has 0 aliphatic carbocycles. The number of piperazine rings is 1. The smallest absolute Gasteiger partial charge is 0.244 e. The third-order valence-electron chi connectivity index (χ3n) is 3.01. The van der Waals surface area contributed by atoms with Crippen molar-refractivity contribution in [2.45, 2.75) is 6.54 Å². The number of rotatable bonds is 3. The Morgan fingerprint density at radius 2 is 2.00 bits per heavy atom. The van der Waals surface area contributed by atoms with Gasteiger partial charge in [0.05, 0.1) is 18.1 Å². The van der Waals surface area contributed by atoms with Gasteiger partial charge in [0.2, 0.25) is 15.9 Å². The van der Waals surface area contributed by atoms with E-state index >= 15 is 0 Å². The van der Waals surface area contributed by atoms with E-state index in [1.165, 1.54) is 21.4 Å². The number of nitrogens with two attached hydrogens (primary N) is 1. The summed E-state index contributed by atoms with van der Waals surface area (Å²) in [4.78, 5) is 13.6. The van der Waals surface area contributed by atoms with E-state index in [9.17, 15) is 13.2 Å². The summed E-state index contributed by atoms with van der Waals surface area (Å²) >= 11 is 0. The van der Waals surface area contributed by atoms with Crippen LogP contribution in [0.1, 0.15) is 0 Å². The Labute approximate surface area is 111 Å². The summed E-state index contributed by atoms with van der Waals surface area (Å²) in [6, 6.07) is 0. The van der Waals surface area contributed by atoms with Crippen LogP contribution >= 0.6 is 0 Å². The van der Waals surface area contributed by atoms with Crippen LogP contribution in [0.15, 0.2) is 12.4 Å². The molecule has 1 fully saturated rings. The topological polar surface area (TPSA) is 102 Å². The number of hydrogen-bond donors (Lipinski definition) is 1. The molecule has 19 heavy (non-hydrogen) atoms. The number of carbonyl (C=O) groups is 1. The Kier molecular flexibility index (Phi) is 3.76. The van der Waals surface area contributed by atoms with Gasteiger partial charge in [-0.3, -0.25) is 9.48 Å². The van der Waals surface area contributed by atoms with Crippen LogP contribution in [0, 0.1) is 0 Å². The van der Waals surface area contributed by atoms with Crippen molar-refractivity contribution in [3.05, 3.63) is 12.4 Å². The summed E-state index contributed by atoms with van der Waals surface area (Å²) in [6.07, 6.45) is 4.25. The Balaban J connectivity index is 1.89. The van der Waals surface area contributed by atoms with Crippen LogP contribution in [0.2, 0.25) is 0 Å². The first kappa shape index (κ1) is 13.8. The number of carbonyl (C=O) groups excluding carboxylic acids is 1. The second-order valence-corrected chi connectivity index (χ2v) is 6.50. The van der Waals surface area contributed by atoms with Crippen LogP contribution in [0.25, 0.3) is 0 Å². The molecule has 1 amide bonds. The molecule has 8 nitrogen and oxygen atoms in total. The molecule has 1 aromatic heterocycles. The molecule has 0 unspecified atom stereocenters. The van der Waals surface area contributed by atoms with Gasteiger partial charge in [-0.15, -0.1) is 0 Å². The maximum absolute atomic E-state index is 12.0. The van der Waals surface area contributed by atoms with Crippen molar-refractivity contribution in [3.63, 3.8) is 0 Å². The highest BCUT2D eigenvalue weighted by atomic mass is 32.2. The molecule has 1 saturated heterocycles. The van der Waals surface area contributed by atoms with Gasteiger partial charge in [-0.2, -0.15) is 9.40 Å². The lowest BCUT2D eigenvalue weighted by atomic mass is 10.3. The molecule has 2 N–H and O–H groups in total. The average molecular weight is 287 g/mol. The first-order valence-electron chi connectivity index (χ1n) is 5.87. The third kappa shape index (κ3) is 3.44. The van der Waals surface area contributed by atoms with Gasteiger partial charge in [0.25, 0.3) is 0 Å². The lowest BCUT2D eigenvalue weighted by Crippen LogP contribution is -2.51. The summed E-state index contributed by atoms with van der Waals surface area (Å²) in [5, 5.41) is 3.94. The van der Waals surface area contributed by atoms with Crippen LogP contribution in [0.5, 0.6) is 0 Å². The lowest BCUT2D eigenvalue weighted by Gasteiger charge is -2.33. The van der Waals surface area contributed by atoms with Gasteiger partial charge >= 0.3 is 0 Å². The second kappa shape index (κ2) is 5.17. The van der Waals surface area contributed by atoms with Crippen LogP contribution in [0.4, 0.5) is 5.69 Å². The van der Waals surface area contributed by atoms with Crippen molar-refractivity contribution < 1.29 is 13.2 Å². The Morgan fingerprint density at radius 3 is 2.47 bits per heavy atom. The molecule has 9 heteroatoms. The molecule has 0 bridgehead atoms. The fraction of sp³-hybridized carbons (Fsp3) is 0.600. The van der Waals surface area contributed by atoms with Crippen LogP contribution in [-0.4, -0.2) is 65.7 Å². The molecular formula is C10H17N5O3S. The highest BCUT2D eigenvalue weighted by Crippen LogP contribution is 2.07. The van der Waals surface area contributed by atoms with Gasteiger partial charge in [0, 0.05) is 32.4 Å². The summed E-state index contributed by atoms with van der Waals surface area (Å²) in [7, 11) is -3.17. The van der Waals surface area contributed by atoms with Crippen molar-refractivity contribution in [1.29, 1.82) is 0 Å². The SMILES string of the molecule is CS(=O)(=O)N1CCN(C(=O)Cn2cc(N)cn2)CC1. The standard InChI is InChI=1S/C10H17N5O3S/c1-19(17,18)15-4-2-13(3-5-15)10(16)8-14-7-9(11)6-12-14/h6-7H,2-5,8,11H2,1H3. The Hall–Kier alpha value is -1.61. The van der Waals surface area contributed by atoms with Gasteiger partial charge in [-0.1, -0.05) is 0 Å². The number of anilines is 1. The third-order valence-corrected chi connectivity index (χ3v) is 4.31. The van der Waals surface area contributed by atoms with Crippen molar-refractivity contribution in [2.24, 2.45) is 0 Å². The van der Waals surface area contributed by atoms with E-state index in [1.54, 1.807) is 11.1 Å². The van der Waals surface area contributed by atoms with Gasteiger partial charge in [-0.25, -0.2) is 8.42 Å². The fourth-order valence-corrected chi connectivity index (χ4v) is 2.80. The summed E-state index contributed by atoms with van der Waals surface area (Å²) in [5.41, 5.74) is 6.03. The molecule has 1 aliphatic rings. The van der Waals surface area contributed by atoms with E-state index < -0.39 is 10.0 Å². The molecule has 0 spiro atoms. The van der Waals surface area contributed by atoms with Crippen molar-refractivity contribution in [3.8, 4) is 0 Å². The maximum Gasteiger partial charge on any atom is 0.244 e. The van der Waals surface area contributed by atoms with E-state index in [-0.39, 0.29) is 12.5 Å². The molecular weight excluding hydrogens is 270 g/mol. The largest absolute Gasteiger partial charge is 0.396 e. The van der Waals surface area contributed by atoms with Crippen molar-refractivity contribution in [1.82, 2.24) is 19.0 Å². The monoisotopic (exact) mass is 287 g/mol. The minimum atomic E-state index is -3.17. The number of nitrogens with zero attached hydrogens (tertiary/aromatic N) is 4. The molecule has 0 aromatic carbocycles. The van der Waals surface area contributed by atoms with Gasteiger partial charge in [0.1, 0.15) is 6.54 Å². The quantitative estimate of drug-likeness (QED) is 0.734. The summed E-state index contributed by atoms with van der Waals surface area (Å²) in [5.74, 6) is -0.0868. The second-order valence-electron chi connectivity index (χ2n) is 4.51. The number of hydrogen-bond acceptors (Lipinski definition) is 5. The van der Waals surface area contributed by atoms with E-state index in [0.717, 1.165) is 0 Å². The molecule has 2 rings (SSSR count). The van der Waals surface area contributed by atoms with Gasteiger partial charge in [-0.05, 0) is 0 Å². The minimum Gasteiger partial charge on any atom is -0.396 e. The van der Waals surface area contributed by atoms with Crippen LogP contribution in [0.3, 0.4) is 0 Å². The number of nitrogen functional groups attached to an aromatic ring is 1. The van der Waals surface area contributed by atoms with Crippen molar-refractivity contribution >= 4 is 21.6 Å². The Bertz CT molecular complexity index is 559. The predicted octanol–water partition coefficient (Wildman–Crippen LogP) is -1.43. The highest BCUT2D eigenvalue weighted by Gasteiger charge is 2.25. The first-order chi connectivity index (χ1) is 8.86. The number of aromatic nitrogens is 2.